The highest BCUT2D eigenvalue weighted by Gasteiger charge is 2.14. The quantitative estimate of drug-likeness (QED) is 0.234. The molecule has 0 unspecified atom stereocenters. The van der Waals surface area contributed by atoms with Gasteiger partial charge in [0.2, 0.25) is 0 Å². The number of hydrogen-bond donors (Lipinski definition) is 0. The number of esters is 1. The van der Waals surface area contributed by atoms with Crippen molar-refractivity contribution in [1.82, 2.24) is 4.90 Å². The number of likely N-dealkylation sites (N-methyl/N-ethyl adjacent to an activating group) is 1. The Morgan fingerprint density at radius 3 is 2.33 bits per heavy atom. The third kappa shape index (κ3) is 5.94. The van der Waals surface area contributed by atoms with Gasteiger partial charge < -0.3 is 14.4 Å². The van der Waals surface area contributed by atoms with E-state index in [0.29, 0.717) is 17.9 Å². The Hall–Kier alpha value is -1.35. The van der Waals surface area contributed by atoms with Gasteiger partial charge in [-0.3, -0.25) is 4.79 Å². The number of ether oxygens (including phenoxy) is 2. The molecule has 1 rings (SSSR count). The summed E-state index contributed by atoms with van der Waals surface area (Å²) in [6.07, 6.45) is 1.53. The van der Waals surface area contributed by atoms with Crippen LogP contribution in [0.4, 0.5) is 0 Å². The van der Waals surface area contributed by atoms with Crippen LogP contribution in [0.25, 0.3) is 6.08 Å². The summed E-state index contributed by atoms with van der Waals surface area (Å²) in [5.74, 6) is -0.222. The smallest absolute Gasteiger partial charge is 0.344 e. The molecule has 0 N–H and O–H groups in total. The van der Waals surface area contributed by atoms with Crippen molar-refractivity contribution in [2.24, 2.45) is 0 Å². The third-order valence-electron chi connectivity index (χ3n) is 2.73. The molecule has 0 saturated carbocycles. The van der Waals surface area contributed by atoms with Crippen molar-refractivity contribution in [3.05, 3.63) is 30.4 Å². The number of carbonyl (C=O) groups is 2. The highest BCUT2D eigenvalue weighted by molar-refractivity contribution is 14.1. The number of nitrogens with zero attached hydrogens (tertiary/aromatic N) is 2. The number of nitriles is 1. The second-order valence-corrected chi connectivity index (χ2v) is 7.10. The number of rotatable bonds is 6. The molecular weight excluding hydrogens is 538 g/mol. The Bertz CT molecular complexity index is 686. The summed E-state index contributed by atoms with van der Waals surface area (Å²) in [5, 5.41) is 9.15. The van der Waals surface area contributed by atoms with Gasteiger partial charge in [-0.1, -0.05) is 0 Å². The summed E-state index contributed by atoms with van der Waals surface area (Å²) in [6.45, 7) is 1.86. The molecule has 0 aliphatic heterocycles. The Morgan fingerprint density at radius 2 is 1.88 bits per heavy atom. The molecule has 0 heterocycles. The number of carbonyl (C=O) groups excluding carboxylic acids is 2. The molecule has 1 aromatic rings. The second-order valence-electron chi connectivity index (χ2n) is 4.78. The first-order chi connectivity index (χ1) is 11.3. The maximum absolute atomic E-state index is 11.9. The summed E-state index contributed by atoms with van der Waals surface area (Å²) in [5.41, 5.74) is 0.755. The second kappa shape index (κ2) is 9.83. The van der Waals surface area contributed by atoms with Crippen molar-refractivity contribution < 1.29 is 19.1 Å². The molecule has 0 radical (unpaired) electrons. The van der Waals surface area contributed by atoms with Gasteiger partial charge in [-0.15, -0.1) is 0 Å². The predicted octanol–water partition coefficient (Wildman–Crippen LogP) is 2.83. The van der Waals surface area contributed by atoms with Gasteiger partial charge in [0, 0.05) is 14.1 Å². The average Bonchev–Trinajstić information content (AvgIpc) is 2.51. The van der Waals surface area contributed by atoms with Crippen molar-refractivity contribution >= 4 is 63.1 Å². The lowest BCUT2D eigenvalue weighted by Gasteiger charge is -2.12. The van der Waals surface area contributed by atoms with E-state index in [1.807, 2.05) is 6.07 Å². The fourth-order valence-electron chi connectivity index (χ4n) is 1.68. The van der Waals surface area contributed by atoms with E-state index >= 15 is 0 Å². The lowest BCUT2D eigenvalue weighted by Crippen LogP contribution is -2.22. The van der Waals surface area contributed by atoms with E-state index in [1.54, 1.807) is 33.2 Å². The first kappa shape index (κ1) is 20.7. The Labute approximate surface area is 168 Å². The zero-order valence-corrected chi connectivity index (χ0v) is 17.7. The van der Waals surface area contributed by atoms with Gasteiger partial charge in [-0.2, -0.15) is 5.26 Å². The van der Waals surface area contributed by atoms with Crippen molar-refractivity contribution in [1.29, 1.82) is 5.26 Å². The number of benzene rings is 1. The predicted molar refractivity (Wildman–Crippen MR) is 106 cm³/mol. The highest BCUT2D eigenvalue weighted by Crippen LogP contribution is 2.30. The first-order valence-corrected chi connectivity index (χ1v) is 9.06. The van der Waals surface area contributed by atoms with Gasteiger partial charge in [0.1, 0.15) is 17.4 Å². The fraction of sp³-hybridized carbons (Fsp3) is 0.312. The van der Waals surface area contributed by atoms with Gasteiger partial charge in [0.15, 0.2) is 6.61 Å². The lowest BCUT2D eigenvalue weighted by molar-refractivity contribution is -0.145. The topological polar surface area (TPSA) is 79.6 Å². The molecule has 1 aromatic carbocycles. The van der Waals surface area contributed by atoms with E-state index < -0.39 is 5.97 Å². The minimum absolute atomic E-state index is 0.0480. The van der Waals surface area contributed by atoms with E-state index in [-0.39, 0.29) is 18.1 Å². The van der Waals surface area contributed by atoms with E-state index in [9.17, 15) is 9.59 Å². The van der Waals surface area contributed by atoms with Crippen molar-refractivity contribution in [3.8, 4) is 11.8 Å². The minimum atomic E-state index is -0.434. The number of halogens is 2. The molecule has 0 aromatic heterocycles. The maximum atomic E-state index is 11.9. The van der Waals surface area contributed by atoms with Crippen LogP contribution in [0.2, 0.25) is 0 Å². The van der Waals surface area contributed by atoms with Crippen LogP contribution in [0, 0.1) is 18.5 Å². The van der Waals surface area contributed by atoms with Crippen LogP contribution in [0.5, 0.6) is 5.75 Å². The summed E-state index contributed by atoms with van der Waals surface area (Å²) >= 11 is 4.16. The molecule has 6 nitrogen and oxygen atoms in total. The molecule has 0 aliphatic carbocycles. The zero-order chi connectivity index (χ0) is 18.3. The average molecular weight is 554 g/mol. The normalized spacial score (nSPS) is 10.8. The zero-order valence-electron chi connectivity index (χ0n) is 13.4. The molecule has 24 heavy (non-hydrogen) atoms. The van der Waals surface area contributed by atoms with Crippen molar-refractivity contribution in [2.75, 3.05) is 27.3 Å². The third-order valence-corrected chi connectivity index (χ3v) is 4.33. The summed E-state index contributed by atoms with van der Waals surface area (Å²) in [4.78, 5) is 24.6. The molecule has 0 atom stereocenters. The van der Waals surface area contributed by atoms with Gasteiger partial charge in [-0.25, -0.2) is 4.79 Å². The Morgan fingerprint density at radius 1 is 1.29 bits per heavy atom. The van der Waals surface area contributed by atoms with Gasteiger partial charge in [-0.05, 0) is 75.9 Å². The Kier molecular flexibility index (Phi) is 8.47. The highest BCUT2D eigenvalue weighted by atomic mass is 127. The molecule has 0 spiro atoms. The van der Waals surface area contributed by atoms with Crippen LogP contribution in [0.15, 0.2) is 17.7 Å². The van der Waals surface area contributed by atoms with E-state index in [0.717, 1.165) is 7.14 Å². The number of hydrogen-bond acceptors (Lipinski definition) is 5. The van der Waals surface area contributed by atoms with Crippen LogP contribution in [-0.4, -0.2) is 44.1 Å². The fourth-order valence-corrected chi connectivity index (χ4v) is 3.81. The molecular formula is C16H16I2N2O4. The van der Waals surface area contributed by atoms with Crippen molar-refractivity contribution in [2.45, 2.75) is 6.92 Å². The van der Waals surface area contributed by atoms with E-state index in [4.69, 9.17) is 14.7 Å². The summed E-state index contributed by atoms with van der Waals surface area (Å²) in [6, 6.07) is 5.47. The number of amides is 1. The van der Waals surface area contributed by atoms with Crippen molar-refractivity contribution in [3.63, 3.8) is 0 Å². The van der Waals surface area contributed by atoms with Crippen LogP contribution < -0.4 is 4.74 Å². The molecule has 0 bridgehead atoms. The maximum Gasteiger partial charge on any atom is 0.344 e. The monoisotopic (exact) mass is 554 g/mol. The molecule has 128 valence electrons. The van der Waals surface area contributed by atoms with Crippen LogP contribution in [0.3, 0.4) is 0 Å². The molecule has 0 saturated heterocycles. The summed E-state index contributed by atoms with van der Waals surface area (Å²) < 4.78 is 11.9. The van der Waals surface area contributed by atoms with Crippen LogP contribution in [-0.2, 0) is 14.3 Å². The molecule has 1 amide bonds. The standard InChI is InChI=1S/C16H16I2N2O4/c1-4-23-14(21)9-24-15-12(17)6-10(7-13(15)18)5-11(8-19)16(22)20(2)3/h5-7H,4,9H2,1-3H3/b11-5-. The van der Waals surface area contributed by atoms with Gasteiger partial charge >= 0.3 is 5.97 Å². The van der Waals surface area contributed by atoms with Crippen LogP contribution >= 0.6 is 45.2 Å². The SMILES string of the molecule is CCOC(=O)COc1c(I)cc(/C=C(/C#N)C(=O)N(C)C)cc1I. The van der Waals surface area contributed by atoms with E-state index in [1.165, 1.54) is 11.0 Å². The minimum Gasteiger partial charge on any atom is -0.480 e. The summed E-state index contributed by atoms with van der Waals surface area (Å²) in [7, 11) is 3.18. The molecule has 0 aliphatic rings. The first-order valence-electron chi connectivity index (χ1n) is 6.91. The van der Waals surface area contributed by atoms with E-state index in [2.05, 4.69) is 45.2 Å². The lowest BCUT2D eigenvalue weighted by atomic mass is 10.1. The molecule has 0 fully saturated rings. The van der Waals surface area contributed by atoms with Gasteiger partial charge in [0.05, 0.1) is 13.7 Å². The van der Waals surface area contributed by atoms with Gasteiger partial charge in [0.25, 0.3) is 5.91 Å². The largest absolute Gasteiger partial charge is 0.480 e. The molecule has 8 heteroatoms. The Balaban J connectivity index is 3.05. The van der Waals surface area contributed by atoms with Crippen LogP contribution in [0.1, 0.15) is 12.5 Å².